The van der Waals surface area contributed by atoms with Gasteiger partial charge in [0.2, 0.25) is 0 Å². The maximum Gasteiger partial charge on any atom is 0.307 e. The van der Waals surface area contributed by atoms with Gasteiger partial charge in [-0.3, -0.25) is 4.79 Å². The first-order chi connectivity index (χ1) is 9.29. The number of nitrogens with one attached hydrogen (secondary N) is 1. The van der Waals surface area contributed by atoms with Crippen molar-refractivity contribution in [2.45, 2.75) is 19.0 Å². The lowest BCUT2D eigenvalue weighted by Gasteiger charge is -2.16. The van der Waals surface area contributed by atoms with Crippen LogP contribution in [0.4, 0.5) is 0 Å². The number of carbonyl (C=O) groups excluding carboxylic acids is 1. The quantitative estimate of drug-likeness (QED) is 0.838. The second kappa shape index (κ2) is 4.90. The third-order valence-corrected chi connectivity index (χ3v) is 3.53. The molecule has 1 N–H and O–H groups in total. The molecule has 4 heteroatoms. The van der Waals surface area contributed by atoms with Gasteiger partial charge in [-0.05, 0) is 23.8 Å². The normalized spacial score (nSPS) is 17.2. The van der Waals surface area contributed by atoms with Crippen molar-refractivity contribution in [1.29, 1.82) is 0 Å². The molecule has 1 unspecified atom stereocenters. The van der Waals surface area contributed by atoms with Crippen molar-refractivity contribution in [3.8, 4) is 5.69 Å². The number of ether oxygens (including phenoxy) is 1. The van der Waals surface area contributed by atoms with Gasteiger partial charge in [0.25, 0.3) is 0 Å². The van der Waals surface area contributed by atoms with Gasteiger partial charge in [0, 0.05) is 24.1 Å². The summed E-state index contributed by atoms with van der Waals surface area (Å²) in [5.74, 6) is -0.198. The molecule has 0 saturated carbocycles. The van der Waals surface area contributed by atoms with Gasteiger partial charge < -0.3 is 14.6 Å². The SMILES string of the molecule is COC(=O)CC1NCc2ccccc2-n2cccc21. The number of nitrogens with zero attached hydrogens (tertiary/aromatic N) is 1. The summed E-state index contributed by atoms with van der Waals surface area (Å²) in [6, 6.07) is 12.3. The first kappa shape index (κ1) is 12.0. The van der Waals surface area contributed by atoms with Gasteiger partial charge in [-0.15, -0.1) is 0 Å². The monoisotopic (exact) mass is 256 g/mol. The van der Waals surface area contributed by atoms with Gasteiger partial charge in [0.15, 0.2) is 0 Å². The summed E-state index contributed by atoms with van der Waals surface area (Å²) in [6.07, 6.45) is 2.37. The van der Waals surface area contributed by atoms with E-state index in [4.69, 9.17) is 4.74 Å². The number of esters is 1. The molecule has 98 valence electrons. The molecule has 3 rings (SSSR count). The molecule has 0 bridgehead atoms. The van der Waals surface area contributed by atoms with Crippen molar-refractivity contribution in [1.82, 2.24) is 9.88 Å². The van der Waals surface area contributed by atoms with E-state index in [0.29, 0.717) is 6.42 Å². The number of para-hydroxylation sites is 1. The largest absolute Gasteiger partial charge is 0.469 e. The van der Waals surface area contributed by atoms with E-state index in [2.05, 4.69) is 22.0 Å². The van der Waals surface area contributed by atoms with Crippen LogP contribution in [0.25, 0.3) is 5.69 Å². The average molecular weight is 256 g/mol. The highest BCUT2D eigenvalue weighted by atomic mass is 16.5. The second-order valence-electron chi connectivity index (χ2n) is 4.65. The summed E-state index contributed by atoms with van der Waals surface area (Å²) in [4.78, 5) is 11.5. The molecule has 0 aliphatic carbocycles. The average Bonchev–Trinajstić information content (AvgIpc) is 2.87. The number of carbonyl (C=O) groups is 1. The lowest BCUT2D eigenvalue weighted by molar-refractivity contribution is -0.141. The second-order valence-corrected chi connectivity index (χ2v) is 4.65. The van der Waals surface area contributed by atoms with Gasteiger partial charge in [-0.25, -0.2) is 0 Å². The van der Waals surface area contributed by atoms with Crippen LogP contribution in [-0.2, 0) is 16.1 Å². The summed E-state index contributed by atoms with van der Waals surface area (Å²) in [6.45, 7) is 0.750. The van der Waals surface area contributed by atoms with E-state index in [1.807, 2.05) is 30.5 Å². The fourth-order valence-electron chi connectivity index (χ4n) is 2.56. The van der Waals surface area contributed by atoms with Crippen molar-refractivity contribution < 1.29 is 9.53 Å². The van der Waals surface area contributed by atoms with Crippen molar-refractivity contribution in [2.24, 2.45) is 0 Å². The maximum atomic E-state index is 11.5. The van der Waals surface area contributed by atoms with Gasteiger partial charge in [-0.1, -0.05) is 18.2 Å². The summed E-state index contributed by atoms with van der Waals surface area (Å²) in [5, 5.41) is 3.42. The number of rotatable bonds is 2. The molecule has 1 aromatic carbocycles. The number of methoxy groups -OCH3 is 1. The first-order valence-corrected chi connectivity index (χ1v) is 6.35. The molecule has 1 aliphatic heterocycles. The zero-order valence-corrected chi connectivity index (χ0v) is 10.8. The standard InChI is InChI=1S/C15H16N2O2/c1-19-15(18)9-12-14-7-4-8-17(14)13-6-3-2-5-11(13)10-16-12/h2-8,12,16H,9-10H2,1H3. The van der Waals surface area contributed by atoms with Gasteiger partial charge in [-0.2, -0.15) is 0 Å². The minimum absolute atomic E-state index is 0.0187. The highest BCUT2D eigenvalue weighted by molar-refractivity contribution is 5.70. The molecule has 0 saturated heterocycles. The van der Waals surface area contributed by atoms with E-state index in [1.54, 1.807) is 0 Å². The number of hydrogen-bond donors (Lipinski definition) is 1. The molecule has 1 aromatic heterocycles. The summed E-state index contributed by atoms with van der Waals surface area (Å²) in [5.41, 5.74) is 3.49. The maximum absolute atomic E-state index is 11.5. The Bertz CT molecular complexity index is 604. The fraction of sp³-hybridized carbons (Fsp3) is 0.267. The van der Waals surface area contributed by atoms with Gasteiger partial charge in [0.05, 0.1) is 19.6 Å². The minimum atomic E-state index is -0.198. The Labute approximate surface area is 112 Å². The Balaban J connectivity index is 2.01. The molecular formula is C15H16N2O2. The van der Waals surface area contributed by atoms with Crippen molar-refractivity contribution >= 4 is 5.97 Å². The third-order valence-electron chi connectivity index (χ3n) is 3.53. The van der Waals surface area contributed by atoms with Crippen molar-refractivity contribution in [3.63, 3.8) is 0 Å². The van der Waals surface area contributed by atoms with Crippen LogP contribution in [-0.4, -0.2) is 17.6 Å². The summed E-state index contributed by atoms with van der Waals surface area (Å²) >= 11 is 0. The van der Waals surface area contributed by atoms with Crippen LogP contribution in [0.3, 0.4) is 0 Å². The molecule has 0 radical (unpaired) electrons. The first-order valence-electron chi connectivity index (χ1n) is 6.35. The Hall–Kier alpha value is -2.07. The molecule has 0 fully saturated rings. The molecule has 0 spiro atoms. The number of fused-ring (bicyclic) bond motifs is 3. The third kappa shape index (κ3) is 2.15. The lowest BCUT2D eigenvalue weighted by atomic mass is 10.1. The van der Waals surface area contributed by atoms with Gasteiger partial charge in [0.1, 0.15) is 0 Å². The molecular weight excluding hydrogens is 240 g/mol. The number of hydrogen-bond acceptors (Lipinski definition) is 3. The Kier molecular flexibility index (Phi) is 3.09. The highest BCUT2D eigenvalue weighted by Crippen LogP contribution is 2.27. The summed E-state index contributed by atoms with van der Waals surface area (Å²) in [7, 11) is 1.42. The smallest absolute Gasteiger partial charge is 0.307 e. The molecule has 4 nitrogen and oxygen atoms in total. The van der Waals surface area contributed by atoms with E-state index < -0.39 is 0 Å². The molecule has 2 heterocycles. The highest BCUT2D eigenvalue weighted by Gasteiger charge is 2.23. The molecule has 2 aromatic rings. The van der Waals surface area contributed by atoms with Crippen LogP contribution in [0, 0.1) is 0 Å². The van der Waals surface area contributed by atoms with Crippen LogP contribution < -0.4 is 5.32 Å². The fourth-order valence-corrected chi connectivity index (χ4v) is 2.56. The van der Waals surface area contributed by atoms with Crippen LogP contribution in [0.1, 0.15) is 23.7 Å². The summed E-state index contributed by atoms with van der Waals surface area (Å²) < 4.78 is 6.92. The van der Waals surface area contributed by atoms with E-state index >= 15 is 0 Å². The Morgan fingerprint density at radius 3 is 3.05 bits per heavy atom. The molecule has 19 heavy (non-hydrogen) atoms. The van der Waals surface area contributed by atoms with E-state index in [-0.39, 0.29) is 12.0 Å². The van der Waals surface area contributed by atoms with Crippen molar-refractivity contribution in [3.05, 3.63) is 53.9 Å². The van der Waals surface area contributed by atoms with Crippen LogP contribution in [0.5, 0.6) is 0 Å². The molecule has 1 atom stereocenters. The molecule has 1 aliphatic rings. The number of aromatic nitrogens is 1. The number of benzene rings is 1. The topological polar surface area (TPSA) is 43.3 Å². The lowest BCUT2D eigenvalue weighted by Crippen LogP contribution is -2.23. The van der Waals surface area contributed by atoms with E-state index in [9.17, 15) is 4.79 Å². The predicted molar refractivity (Wildman–Crippen MR) is 72.0 cm³/mol. The van der Waals surface area contributed by atoms with Crippen LogP contribution >= 0.6 is 0 Å². The van der Waals surface area contributed by atoms with Crippen molar-refractivity contribution in [2.75, 3.05) is 7.11 Å². The Morgan fingerprint density at radius 1 is 1.37 bits per heavy atom. The zero-order valence-electron chi connectivity index (χ0n) is 10.8. The van der Waals surface area contributed by atoms with Crippen LogP contribution in [0.2, 0.25) is 0 Å². The zero-order chi connectivity index (χ0) is 13.2. The minimum Gasteiger partial charge on any atom is -0.469 e. The molecule has 0 amide bonds. The van der Waals surface area contributed by atoms with Gasteiger partial charge >= 0.3 is 5.97 Å². The van der Waals surface area contributed by atoms with Crippen LogP contribution in [0.15, 0.2) is 42.6 Å². The Morgan fingerprint density at radius 2 is 2.21 bits per heavy atom. The predicted octanol–water partition coefficient (Wildman–Crippen LogP) is 2.18. The van der Waals surface area contributed by atoms with E-state index in [0.717, 1.165) is 12.2 Å². The van der Waals surface area contributed by atoms with E-state index in [1.165, 1.54) is 18.4 Å².